The van der Waals surface area contributed by atoms with Gasteiger partial charge in [-0.05, 0) is 48.7 Å². The van der Waals surface area contributed by atoms with E-state index >= 15 is 0 Å². The maximum absolute atomic E-state index is 6.18. The summed E-state index contributed by atoms with van der Waals surface area (Å²) in [6.45, 7) is 0.254. The Bertz CT molecular complexity index is 822. The van der Waals surface area contributed by atoms with Crippen molar-refractivity contribution in [1.29, 1.82) is 0 Å². The second-order valence-corrected chi connectivity index (χ2v) is 6.11. The van der Waals surface area contributed by atoms with Gasteiger partial charge < -0.3 is 10.3 Å². The Balaban J connectivity index is 1.50. The van der Waals surface area contributed by atoms with Crippen molar-refractivity contribution < 1.29 is 4.52 Å². The van der Waals surface area contributed by atoms with Crippen molar-refractivity contribution in [3.8, 4) is 11.4 Å². The summed E-state index contributed by atoms with van der Waals surface area (Å²) in [5.74, 6) is 1.48. The lowest BCUT2D eigenvalue weighted by Crippen LogP contribution is -2.44. The lowest BCUT2D eigenvalue weighted by Gasteiger charge is -2.34. The van der Waals surface area contributed by atoms with Crippen molar-refractivity contribution in [1.82, 2.24) is 30.3 Å². The van der Waals surface area contributed by atoms with E-state index in [0.717, 1.165) is 24.8 Å². The predicted octanol–water partition coefficient (Wildman–Crippen LogP) is 1.76. The van der Waals surface area contributed by atoms with Crippen LogP contribution in [0, 0.1) is 0 Å². The maximum Gasteiger partial charge on any atom is 0.250 e. The zero-order chi connectivity index (χ0) is 15.9. The van der Waals surface area contributed by atoms with Gasteiger partial charge in [0.2, 0.25) is 11.7 Å². The summed E-state index contributed by atoms with van der Waals surface area (Å²) in [4.78, 5) is 5.75. The molecule has 0 radical (unpaired) electrons. The van der Waals surface area contributed by atoms with E-state index in [-0.39, 0.29) is 6.54 Å². The highest BCUT2D eigenvalue weighted by molar-refractivity contribution is 6.30. The molecule has 1 fully saturated rings. The second kappa shape index (κ2) is 5.39. The van der Waals surface area contributed by atoms with Crippen molar-refractivity contribution in [2.24, 2.45) is 5.73 Å². The minimum atomic E-state index is -0.438. The van der Waals surface area contributed by atoms with Crippen LogP contribution in [0.25, 0.3) is 11.4 Å². The number of aromatic nitrogens is 6. The predicted molar refractivity (Wildman–Crippen MR) is 81.4 cm³/mol. The fourth-order valence-corrected chi connectivity index (χ4v) is 2.57. The highest BCUT2D eigenvalue weighted by atomic mass is 35.5. The average molecular weight is 332 g/mol. The molecule has 9 heteroatoms. The van der Waals surface area contributed by atoms with Gasteiger partial charge in [-0.1, -0.05) is 16.8 Å². The van der Waals surface area contributed by atoms with E-state index in [1.807, 2.05) is 12.1 Å². The van der Waals surface area contributed by atoms with Gasteiger partial charge in [-0.25, -0.2) is 0 Å². The van der Waals surface area contributed by atoms with Crippen LogP contribution < -0.4 is 5.73 Å². The normalized spacial score (nSPS) is 16.3. The van der Waals surface area contributed by atoms with Crippen LogP contribution in [0.2, 0.25) is 5.02 Å². The molecule has 0 bridgehead atoms. The molecule has 8 nitrogen and oxygen atoms in total. The molecule has 2 N–H and O–H groups in total. The average Bonchev–Trinajstić information content (AvgIpc) is 3.16. The maximum atomic E-state index is 6.18. The molecule has 2 aromatic heterocycles. The first-order chi connectivity index (χ1) is 11.1. The highest BCUT2D eigenvalue weighted by Gasteiger charge is 2.39. The lowest BCUT2D eigenvalue weighted by atomic mass is 9.77. The first-order valence-electron chi connectivity index (χ1n) is 7.28. The number of benzene rings is 1. The number of hydrogen-bond donors (Lipinski definition) is 1. The summed E-state index contributed by atoms with van der Waals surface area (Å²) in [5.41, 5.74) is 6.57. The molecule has 1 aromatic carbocycles. The Morgan fingerprint density at radius 2 is 2.04 bits per heavy atom. The van der Waals surface area contributed by atoms with Crippen LogP contribution in [0.4, 0.5) is 0 Å². The molecule has 0 saturated heterocycles. The number of rotatable bonds is 4. The lowest BCUT2D eigenvalue weighted by molar-refractivity contribution is 0.228. The molecule has 0 unspecified atom stereocenters. The standard InChI is InChI=1S/C14H14ClN7O/c15-10-4-2-9(3-5-10)12-18-21-22(19-12)8-11-17-13(20-23-11)14(16)6-1-7-14/h2-5H,1,6-8,16H2. The molecular weight excluding hydrogens is 318 g/mol. The van der Waals surface area contributed by atoms with E-state index in [0.29, 0.717) is 22.6 Å². The SMILES string of the molecule is NC1(c2noc(Cn3nnc(-c4ccc(Cl)cc4)n3)n2)CCC1. The highest BCUT2D eigenvalue weighted by Crippen LogP contribution is 2.36. The molecule has 2 heterocycles. The van der Waals surface area contributed by atoms with E-state index in [9.17, 15) is 0 Å². The van der Waals surface area contributed by atoms with Crippen LogP contribution in [-0.4, -0.2) is 30.3 Å². The summed E-state index contributed by atoms with van der Waals surface area (Å²) < 4.78 is 5.23. The smallest absolute Gasteiger partial charge is 0.250 e. The summed E-state index contributed by atoms with van der Waals surface area (Å²) >= 11 is 5.87. The Kier molecular flexibility index (Phi) is 3.35. The number of nitrogens with two attached hydrogens (primary N) is 1. The van der Waals surface area contributed by atoms with E-state index in [1.165, 1.54) is 4.80 Å². The minimum absolute atomic E-state index is 0.254. The first-order valence-corrected chi connectivity index (χ1v) is 7.66. The topological polar surface area (TPSA) is 109 Å². The Morgan fingerprint density at radius 1 is 1.26 bits per heavy atom. The van der Waals surface area contributed by atoms with Crippen LogP contribution >= 0.6 is 11.6 Å². The third-order valence-electron chi connectivity index (χ3n) is 3.99. The van der Waals surface area contributed by atoms with Gasteiger partial charge in [-0.2, -0.15) is 9.78 Å². The van der Waals surface area contributed by atoms with Gasteiger partial charge in [-0.3, -0.25) is 0 Å². The van der Waals surface area contributed by atoms with Crippen molar-refractivity contribution in [3.05, 3.63) is 41.0 Å². The number of hydrogen-bond acceptors (Lipinski definition) is 7. The molecule has 0 spiro atoms. The van der Waals surface area contributed by atoms with Gasteiger partial charge in [0.1, 0.15) is 6.54 Å². The van der Waals surface area contributed by atoms with Crippen LogP contribution in [0.5, 0.6) is 0 Å². The minimum Gasteiger partial charge on any atom is -0.337 e. The van der Waals surface area contributed by atoms with E-state index in [4.69, 9.17) is 21.9 Å². The van der Waals surface area contributed by atoms with Gasteiger partial charge in [0.15, 0.2) is 5.82 Å². The summed E-state index contributed by atoms with van der Waals surface area (Å²) in [7, 11) is 0. The fourth-order valence-electron chi connectivity index (χ4n) is 2.45. The number of tetrazole rings is 1. The monoisotopic (exact) mass is 331 g/mol. The van der Waals surface area contributed by atoms with Crippen molar-refractivity contribution >= 4 is 11.6 Å². The van der Waals surface area contributed by atoms with E-state index < -0.39 is 5.54 Å². The molecule has 1 saturated carbocycles. The Hall–Kier alpha value is -2.32. The van der Waals surface area contributed by atoms with Crippen LogP contribution in [0.1, 0.15) is 31.0 Å². The molecule has 1 aliphatic rings. The summed E-state index contributed by atoms with van der Waals surface area (Å²) in [6, 6.07) is 7.23. The Morgan fingerprint density at radius 3 is 2.74 bits per heavy atom. The summed E-state index contributed by atoms with van der Waals surface area (Å²) in [5, 5.41) is 16.9. The molecule has 0 amide bonds. The largest absolute Gasteiger partial charge is 0.337 e. The van der Waals surface area contributed by atoms with E-state index in [2.05, 4.69) is 25.6 Å². The van der Waals surface area contributed by atoms with Gasteiger partial charge in [-0.15, -0.1) is 10.2 Å². The Labute approximate surface area is 136 Å². The second-order valence-electron chi connectivity index (χ2n) is 5.67. The van der Waals surface area contributed by atoms with Gasteiger partial charge in [0.25, 0.3) is 0 Å². The molecule has 3 aromatic rings. The van der Waals surface area contributed by atoms with Crippen molar-refractivity contribution in [2.45, 2.75) is 31.3 Å². The van der Waals surface area contributed by atoms with Crippen LogP contribution in [0.3, 0.4) is 0 Å². The first kappa shape index (κ1) is 14.3. The van der Waals surface area contributed by atoms with Gasteiger partial charge in [0.05, 0.1) is 5.54 Å². The molecular formula is C14H14ClN7O. The van der Waals surface area contributed by atoms with E-state index in [1.54, 1.807) is 12.1 Å². The number of halogens is 1. The molecule has 1 aliphatic carbocycles. The third-order valence-corrected chi connectivity index (χ3v) is 4.24. The fraction of sp³-hybridized carbons (Fsp3) is 0.357. The van der Waals surface area contributed by atoms with Gasteiger partial charge in [0, 0.05) is 10.6 Å². The number of nitrogens with zero attached hydrogens (tertiary/aromatic N) is 6. The van der Waals surface area contributed by atoms with Crippen molar-refractivity contribution in [2.75, 3.05) is 0 Å². The molecule has 0 atom stereocenters. The molecule has 23 heavy (non-hydrogen) atoms. The quantitative estimate of drug-likeness (QED) is 0.775. The molecule has 0 aliphatic heterocycles. The van der Waals surface area contributed by atoms with Crippen molar-refractivity contribution in [3.63, 3.8) is 0 Å². The zero-order valence-electron chi connectivity index (χ0n) is 12.2. The molecule has 4 rings (SSSR count). The molecule has 118 valence electrons. The van der Waals surface area contributed by atoms with Crippen LogP contribution in [-0.2, 0) is 12.1 Å². The van der Waals surface area contributed by atoms with Gasteiger partial charge >= 0.3 is 0 Å². The zero-order valence-corrected chi connectivity index (χ0v) is 12.9. The van der Waals surface area contributed by atoms with Crippen LogP contribution in [0.15, 0.2) is 28.8 Å². The summed E-state index contributed by atoms with van der Waals surface area (Å²) in [6.07, 6.45) is 2.86. The third kappa shape index (κ3) is 2.71.